The normalized spacial score (nSPS) is 15.4. The van der Waals surface area contributed by atoms with Crippen molar-refractivity contribution in [2.45, 2.75) is 32.4 Å². The molecule has 1 aromatic carbocycles. The summed E-state index contributed by atoms with van der Waals surface area (Å²) in [5.41, 5.74) is 0.687. The molecular formula is C18H20FNO2S. The minimum Gasteiger partial charge on any atom is -0.368 e. The summed E-state index contributed by atoms with van der Waals surface area (Å²) in [5.74, 6) is 0.211. The van der Waals surface area contributed by atoms with E-state index in [9.17, 15) is 9.18 Å². The van der Waals surface area contributed by atoms with Crippen LogP contribution in [-0.2, 0) is 16.1 Å². The number of hydrogen-bond donors (Lipinski definition) is 0. The topological polar surface area (TPSA) is 29.5 Å². The molecule has 1 unspecified atom stereocenters. The summed E-state index contributed by atoms with van der Waals surface area (Å²) in [6.07, 6.45) is 1.89. The van der Waals surface area contributed by atoms with Crippen LogP contribution >= 0.6 is 11.3 Å². The zero-order valence-electron chi connectivity index (χ0n) is 13.1. The number of benzene rings is 1. The second-order valence-electron chi connectivity index (χ2n) is 5.90. The standard InChI is InChI=1S/C18H20FNO2S/c1-13(22-12-14-4-5-14)18(21)20(11-17-3-2-10-23-17)16-8-6-15(19)7-9-16/h2-3,6-10,13-14H,4-5,11-12H2,1H3. The van der Waals surface area contributed by atoms with E-state index >= 15 is 0 Å². The lowest BCUT2D eigenvalue weighted by atomic mass is 10.2. The third-order valence-corrected chi connectivity index (χ3v) is 4.79. The van der Waals surface area contributed by atoms with Gasteiger partial charge in [-0.25, -0.2) is 4.39 Å². The molecule has 2 aromatic rings. The van der Waals surface area contributed by atoms with Crippen LogP contribution in [0.4, 0.5) is 10.1 Å². The first-order valence-corrected chi connectivity index (χ1v) is 8.72. The van der Waals surface area contributed by atoms with Crippen LogP contribution < -0.4 is 4.90 Å². The van der Waals surface area contributed by atoms with E-state index < -0.39 is 6.10 Å². The Hall–Kier alpha value is -1.72. The predicted molar refractivity (Wildman–Crippen MR) is 90.0 cm³/mol. The smallest absolute Gasteiger partial charge is 0.256 e. The molecule has 1 aromatic heterocycles. The molecule has 3 rings (SSSR count). The van der Waals surface area contributed by atoms with Gasteiger partial charge in [-0.05, 0) is 61.4 Å². The summed E-state index contributed by atoms with van der Waals surface area (Å²) in [5, 5.41) is 1.98. The number of carbonyl (C=O) groups excluding carboxylic acids is 1. The molecular weight excluding hydrogens is 313 g/mol. The summed E-state index contributed by atoms with van der Waals surface area (Å²) < 4.78 is 18.9. The van der Waals surface area contributed by atoms with Gasteiger partial charge in [0.25, 0.3) is 5.91 Å². The van der Waals surface area contributed by atoms with Gasteiger partial charge in [0.05, 0.1) is 13.2 Å². The van der Waals surface area contributed by atoms with Crippen molar-refractivity contribution >= 4 is 22.9 Å². The van der Waals surface area contributed by atoms with E-state index in [1.54, 1.807) is 35.3 Å². The van der Waals surface area contributed by atoms with Crippen LogP contribution in [0.25, 0.3) is 0 Å². The number of ether oxygens (including phenoxy) is 1. The summed E-state index contributed by atoms with van der Waals surface area (Å²) in [6, 6.07) is 9.97. The first kappa shape index (κ1) is 16.1. The Morgan fingerprint density at radius 3 is 2.70 bits per heavy atom. The van der Waals surface area contributed by atoms with Crippen LogP contribution in [0.1, 0.15) is 24.6 Å². The lowest BCUT2D eigenvalue weighted by Gasteiger charge is -2.25. The van der Waals surface area contributed by atoms with Crippen LogP contribution in [0.3, 0.4) is 0 Å². The van der Waals surface area contributed by atoms with Gasteiger partial charge in [-0.1, -0.05) is 6.07 Å². The second kappa shape index (κ2) is 7.23. The van der Waals surface area contributed by atoms with Crippen molar-refractivity contribution in [3.63, 3.8) is 0 Å². The summed E-state index contributed by atoms with van der Waals surface area (Å²) in [4.78, 5) is 15.5. The highest BCUT2D eigenvalue weighted by Crippen LogP contribution is 2.29. The largest absolute Gasteiger partial charge is 0.368 e. The Kier molecular flexibility index (Phi) is 5.08. The van der Waals surface area contributed by atoms with Crippen LogP contribution in [0, 0.1) is 11.7 Å². The Morgan fingerprint density at radius 1 is 1.35 bits per heavy atom. The van der Waals surface area contributed by atoms with Gasteiger partial charge >= 0.3 is 0 Å². The average molecular weight is 333 g/mol. The van der Waals surface area contributed by atoms with E-state index in [0.29, 0.717) is 24.8 Å². The van der Waals surface area contributed by atoms with E-state index in [0.717, 1.165) is 4.88 Å². The van der Waals surface area contributed by atoms with Crippen LogP contribution in [0.5, 0.6) is 0 Å². The van der Waals surface area contributed by atoms with Crippen LogP contribution in [0.2, 0.25) is 0 Å². The van der Waals surface area contributed by atoms with Gasteiger partial charge in [0.2, 0.25) is 0 Å². The molecule has 1 amide bonds. The van der Waals surface area contributed by atoms with Gasteiger partial charge in [0, 0.05) is 10.6 Å². The molecule has 0 N–H and O–H groups in total. The van der Waals surface area contributed by atoms with E-state index in [2.05, 4.69) is 0 Å². The molecule has 0 bridgehead atoms. The second-order valence-corrected chi connectivity index (χ2v) is 6.93. The van der Waals surface area contributed by atoms with Crippen molar-refractivity contribution in [3.05, 3.63) is 52.5 Å². The lowest BCUT2D eigenvalue weighted by Crippen LogP contribution is -2.39. The van der Waals surface area contributed by atoms with Gasteiger partial charge < -0.3 is 9.64 Å². The number of halogens is 1. The fourth-order valence-electron chi connectivity index (χ4n) is 2.33. The Balaban J connectivity index is 1.75. The maximum absolute atomic E-state index is 13.2. The van der Waals surface area contributed by atoms with Crippen molar-refractivity contribution in [1.29, 1.82) is 0 Å². The Labute approximate surface area is 139 Å². The zero-order chi connectivity index (χ0) is 16.2. The van der Waals surface area contributed by atoms with Gasteiger partial charge in [-0.15, -0.1) is 11.3 Å². The number of rotatable bonds is 7. The first-order valence-electron chi connectivity index (χ1n) is 7.84. The molecule has 1 atom stereocenters. The average Bonchev–Trinajstić information content (AvgIpc) is 3.25. The highest BCUT2D eigenvalue weighted by Gasteiger charge is 2.27. The minimum absolute atomic E-state index is 0.0920. The highest BCUT2D eigenvalue weighted by atomic mass is 32.1. The number of hydrogen-bond acceptors (Lipinski definition) is 3. The highest BCUT2D eigenvalue weighted by molar-refractivity contribution is 7.09. The maximum Gasteiger partial charge on any atom is 0.256 e. The number of thiophene rings is 1. The molecule has 23 heavy (non-hydrogen) atoms. The fourth-order valence-corrected chi connectivity index (χ4v) is 3.02. The van der Waals surface area contributed by atoms with Crippen LogP contribution in [-0.4, -0.2) is 18.6 Å². The van der Waals surface area contributed by atoms with E-state index in [1.807, 2.05) is 17.5 Å². The van der Waals surface area contributed by atoms with Crippen molar-refractivity contribution in [1.82, 2.24) is 0 Å². The van der Waals surface area contributed by atoms with Crippen molar-refractivity contribution < 1.29 is 13.9 Å². The van der Waals surface area contributed by atoms with Crippen molar-refractivity contribution in [2.75, 3.05) is 11.5 Å². The molecule has 3 nitrogen and oxygen atoms in total. The van der Waals surface area contributed by atoms with Gasteiger partial charge in [-0.3, -0.25) is 4.79 Å². The molecule has 122 valence electrons. The number of amides is 1. The molecule has 0 saturated heterocycles. The van der Waals surface area contributed by atoms with Crippen molar-refractivity contribution in [2.24, 2.45) is 5.92 Å². The molecule has 1 heterocycles. The van der Waals surface area contributed by atoms with E-state index in [1.165, 1.54) is 25.0 Å². The van der Waals surface area contributed by atoms with Gasteiger partial charge in [0.1, 0.15) is 11.9 Å². The molecule has 1 fully saturated rings. The molecule has 1 aliphatic carbocycles. The number of nitrogens with zero attached hydrogens (tertiary/aromatic N) is 1. The SMILES string of the molecule is CC(OCC1CC1)C(=O)N(Cc1cccs1)c1ccc(F)cc1. The van der Waals surface area contributed by atoms with Crippen LogP contribution in [0.15, 0.2) is 41.8 Å². The third-order valence-electron chi connectivity index (χ3n) is 3.93. The molecule has 1 saturated carbocycles. The Bertz CT molecular complexity index is 638. The summed E-state index contributed by atoms with van der Waals surface area (Å²) >= 11 is 1.60. The summed E-state index contributed by atoms with van der Waals surface area (Å²) in [7, 11) is 0. The number of carbonyl (C=O) groups is 1. The Morgan fingerprint density at radius 2 is 2.09 bits per heavy atom. The van der Waals surface area contributed by atoms with E-state index in [-0.39, 0.29) is 11.7 Å². The monoisotopic (exact) mass is 333 g/mol. The quantitative estimate of drug-likeness (QED) is 0.759. The van der Waals surface area contributed by atoms with E-state index in [4.69, 9.17) is 4.74 Å². The predicted octanol–water partition coefficient (Wildman–Crippen LogP) is 4.24. The molecule has 0 aliphatic heterocycles. The molecule has 0 radical (unpaired) electrons. The van der Waals surface area contributed by atoms with Gasteiger partial charge in [-0.2, -0.15) is 0 Å². The first-order chi connectivity index (χ1) is 11.1. The zero-order valence-corrected chi connectivity index (χ0v) is 13.9. The molecule has 5 heteroatoms. The number of anilines is 1. The van der Waals surface area contributed by atoms with Crippen molar-refractivity contribution in [3.8, 4) is 0 Å². The lowest BCUT2D eigenvalue weighted by molar-refractivity contribution is -0.129. The molecule has 1 aliphatic rings. The summed E-state index contributed by atoms with van der Waals surface area (Å²) in [6.45, 7) is 2.90. The molecule has 0 spiro atoms. The van der Waals surface area contributed by atoms with Gasteiger partial charge in [0.15, 0.2) is 0 Å². The third kappa shape index (κ3) is 4.39. The minimum atomic E-state index is -0.499. The fraction of sp³-hybridized carbons (Fsp3) is 0.389. The maximum atomic E-state index is 13.2.